The Hall–Kier alpha value is -2.60. The van der Waals surface area contributed by atoms with E-state index in [1.165, 1.54) is 6.07 Å². The first kappa shape index (κ1) is 16.8. The molecule has 1 unspecified atom stereocenters. The van der Waals surface area contributed by atoms with E-state index in [1.54, 1.807) is 0 Å². The fraction of sp³-hybridized carbons (Fsp3) is 0.350. The van der Waals surface area contributed by atoms with Crippen molar-refractivity contribution in [3.63, 3.8) is 0 Å². The smallest absolute Gasteiger partial charge is 0.128 e. The average Bonchev–Trinajstić information content (AvgIpc) is 3.26. The van der Waals surface area contributed by atoms with Crippen LogP contribution in [0.15, 0.2) is 35.5 Å². The summed E-state index contributed by atoms with van der Waals surface area (Å²) in [5.74, 6) is 0.165. The number of hydrogen-bond donors (Lipinski definition) is 2. The van der Waals surface area contributed by atoms with E-state index in [2.05, 4.69) is 38.1 Å². The number of aliphatic imine (C=N–C) groups is 1. The number of nitrogens with two attached hydrogens (primary N) is 1. The van der Waals surface area contributed by atoms with Crippen LogP contribution in [0, 0.1) is 5.82 Å². The summed E-state index contributed by atoms with van der Waals surface area (Å²) in [6.07, 6.45) is 7.26. The molecule has 0 saturated carbocycles. The minimum absolute atomic E-state index is 0.189. The third-order valence-corrected chi connectivity index (χ3v) is 5.02. The highest BCUT2D eigenvalue weighted by Crippen LogP contribution is 2.13. The van der Waals surface area contributed by atoms with Gasteiger partial charge in [-0.25, -0.2) is 4.39 Å². The van der Waals surface area contributed by atoms with Crippen molar-refractivity contribution in [1.82, 2.24) is 14.8 Å². The summed E-state index contributed by atoms with van der Waals surface area (Å²) in [5, 5.41) is 5.56. The van der Waals surface area contributed by atoms with Crippen molar-refractivity contribution < 1.29 is 4.39 Å². The molecule has 1 aromatic heterocycles. The third kappa shape index (κ3) is 3.37. The van der Waals surface area contributed by atoms with Crippen LogP contribution in [0.5, 0.6) is 0 Å². The van der Waals surface area contributed by atoms with E-state index in [1.807, 2.05) is 25.4 Å². The van der Waals surface area contributed by atoms with Gasteiger partial charge >= 0.3 is 0 Å². The van der Waals surface area contributed by atoms with Gasteiger partial charge in [0.2, 0.25) is 0 Å². The third-order valence-electron chi connectivity index (χ3n) is 5.02. The van der Waals surface area contributed by atoms with Gasteiger partial charge in [-0.2, -0.15) is 0 Å². The number of benzene rings is 1. The number of aromatic nitrogens is 1. The van der Waals surface area contributed by atoms with Crippen molar-refractivity contribution in [2.24, 2.45) is 10.7 Å². The Bertz CT molecular complexity index is 953. The van der Waals surface area contributed by atoms with Gasteiger partial charge in [0.15, 0.2) is 0 Å². The number of fused-ring (bicyclic) bond motifs is 1. The first-order valence-electron chi connectivity index (χ1n) is 9.00. The van der Waals surface area contributed by atoms with Crippen LogP contribution in [-0.2, 0) is 6.54 Å². The lowest BCUT2D eigenvalue weighted by Gasteiger charge is -2.14. The van der Waals surface area contributed by atoms with Crippen molar-refractivity contribution in [2.75, 3.05) is 26.7 Å². The maximum absolute atomic E-state index is 14.6. The molecule has 1 aromatic carbocycles. The van der Waals surface area contributed by atoms with Crippen LogP contribution in [0.3, 0.4) is 0 Å². The summed E-state index contributed by atoms with van der Waals surface area (Å²) in [6.45, 7) is 3.16. The fourth-order valence-electron chi connectivity index (χ4n) is 3.54. The van der Waals surface area contributed by atoms with E-state index in [4.69, 9.17) is 5.73 Å². The van der Waals surface area contributed by atoms with Crippen molar-refractivity contribution >= 4 is 18.1 Å². The average molecular weight is 353 g/mol. The van der Waals surface area contributed by atoms with E-state index in [0.29, 0.717) is 23.5 Å². The number of hydrogen-bond acceptors (Lipinski definition) is 3. The number of halogens is 1. The monoisotopic (exact) mass is 353 g/mol. The minimum atomic E-state index is -0.246. The first-order valence-corrected chi connectivity index (χ1v) is 9.00. The molecule has 3 heterocycles. The Balaban J connectivity index is 1.57. The van der Waals surface area contributed by atoms with Gasteiger partial charge in [-0.05, 0) is 31.2 Å². The van der Waals surface area contributed by atoms with Gasteiger partial charge in [0, 0.05) is 54.2 Å². The van der Waals surface area contributed by atoms with Gasteiger partial charge in [0.05, 0.1) is 12.6 Å². The van der Waals surface area contributed by atoms with Crippen LogP contribution in [-0.4, -0.2) is 48.0 Å². The van der Waals surface area contributed by atoms with Crippen LogP contribution < -0.4 is 21.6 Å². The van der Waals surface area contributed by atoms with E-state index >= 15 is 0 Å². The summed E-state index contributed by atoms with van der Waals surface area (Å²) in [7, 11) is 2.04. The summed E-state index contributed by atoms with van der Waals surface area (Å²) < 4.78 is 16.7. The predicted molar refractivity (Wildman–Crippen MR) is 103 cm³/mol. The Kier molecular flexibility index (Phi) is 4.51. The molecule has 2 aromatic rings. The molecule has 0 bridgehead atoms. The summed E-state index contributed by atoms with van der Waals surface area (Å²) >= 11 is 0. The molecule has 0 spiro atoms. The van der Waals surface area contributed by atoms with E-state index < -0.39 is 0 Å². The lowest BCUT2D eigenvalue weighted by molar-refractivity contribution is 0.559. The Morgan fingerprint density at radius 1 is 1.38 bits per heavy atom. The fourth-order valence-corrected chi connectivity index (χ4v) is 3.54. The molecule has 26 heavy (non-hydrogen) atoms. The highest BCUT2D eigenvalue weighted by atomic mass is 19.1. The highest BCUT2D eigenvalue weighted by molar-refractivity contribution is 5.97. The van der Waals surface area contributed by atoms with Crippen LogP contribution in [0.2, 0.25) is 0 Å². The van der Waals surface area contributed by atoms with Gasteiger partial charge < -0.3 is 20.5 Å². The molecule has 136 valence electrons. The second-order valence-corrected chi connectivity index (χ2v) is 7.02. The van der Waals surface area contributed by atoms with Crippen LogP contribution >= 0.6 is 0 Å². The normalized spacial score (nSPS) is 19.8. The molecule has 2 aliphatic heterocycles. The second-order valence-electron chi connectivity index (χ2n) is 7.02. The van der Waals surface area contributed by atoms with Gasteiger partial charge in [-0.1, -0.05) is 12.1 Å². The molecule has 5 nitrogen and oxygen atoms in total. The summed E-state index contributed by atoms with van der Waals surface area (Å²) in [6, 6.07) is 7.42. The molecule has 2 aliphatic rings. The Morgan fingerprint density at radius 2 is 2.27 bits per heavy atom. The Morgan fingerprint density at radius 3 is 3.04 bits per heavy atom. The molecule has 1 saturated heterocycles. The molecular weight excluding hydrogens is 329 g/mol. The van der Waals surface area contributed by atoms with Gasteiger partial charge in [0.25, 0.3) is 0 Å². The minimum Gasteiger partial charge on any atom is -0.383 e. The quantitative estimate of drug-likeness (QED) is 0.610. The molecular formula is C20H24FN5. The summed E-state index contributed by atoms with van der Waals surface area (Å²) in [5.41, 5.74) is 7.37. The molecule has 3 N–H and O–H groups in total. The molecule has 0 radical (unpaired) electrons. The lowest BCUT2D eigenvalue weighted by Crippen LogP contribution is -2.36. The zero-order chi connectivity index (χ0) is 18.1. The van der Waals surface area contributed by atoms with Crippen molar-refractivity contribution in [3.8, 4) is 0 Å². The highest BCUT2D eigenvalue weighted by Gasteiger charge is 2.14. The summed E-state index contributed by atoms with van der Waals surface area (Å²) in [4.78, 5) is 6.63. The van der Waals surface area contributed by atoms with Crippen LogP contribution in [0.25, 0.3) is 12.3 Å². The lowest BCUT2D eigenvalue weighted by atomic mass is 10.1. The van der Waals surface area contributed by atoms with E-state index in [9.17, 15) is 4.39 Å². The standard InChI is InChI=1S/C20H24FN5/c1-25-8-6-19-16(12-25)5-9-26(19)13-15-3-2-14(10-18(15)21)20(22)24-17-4-7-23-11-17/h2-3,5-6,9-10,12,17,23H,4,7-8,11,13H2,1H3,(H2,22,24). The predicted octanol–water partition coefficient (Wildman–Crippen LogP) is 0.207. The van der Waals surface area contributed by atoms with Gasteiger partial charge in [-0.3, -0.25) is 4.99 Å². The second kappa shape index (κ2) is 6.96. The molecule has 1 atom stereocenters. The SMILES string of the molecule is CN1C=c2ccn(Cc3ccc(C(N)=NC4CCNC4)cc3F)c2=CC1. The van der Waals surface area contributed by atoms with Crippen molar-refractivity contribution in [3.05, 3.63) is 58.0 Å². The molecule has 1 fully saturated rings. The van der Waals surface area contributed by atoms with Crippen molar-refractivity contribution in [2.45, 2.75) is 19.0 Å². The van der Waals surface area contributed by atoms with Gasteiger partial charge in [-0.15, -0.1) is 0 Å². The molecule has 0 amide bonds. The number of amidine groups is 1. The number of nitrogens with one attached hydrogen (secondary N) is 1. The topological polar surface area (TPSA) is 58.6 Å². The number of nitrogens with zero attached hydrogens (tertiary/aromatic N) is 3. The van der Waals surface area contributed by atoms with Crippen LogP contribution in [0.4, 0.5) is 4.39 Å². The van der Waals surface area contributed by atoms with Gasteiger partial charge in [0.1, 0.15) is 11.7 Å². The molecule has 4 rings (SSSR count). The Labute approximate surface area is 152 Å². The zero-order valence-corrected chi connectivity index (χ0v) is 15.0. The first-order chi connectivity index (χ1) is 12.6. The number of rotatable bonds is 4. The molecule has 6 heteroatoms. The zero-order valence-electron chi connectivity index (χ0n) is 15.0. The van der Waals surface area contributed by atoms with E-state index in [-0.39, 0.29) is 11.9 Å². The van der Waals surface area contributed by atoms with E-state index in [0.717, 1.165) is 36.6 Å². The largest absolute Gasteiger partial charge is 0.383 e. The maximum Gasteiger partial charge on any atom is 0.128 e. The molecule has 0 aliphatic carbocycles. The van der Waals surface area contributed by atoms with Crippen molar-refractivity contribution in [1.29, 1.82) is 0 Å². The maximum atomic E-state index is 14.6. The van der Waals surface area contributed by atoms with Crippen LogP contribution in [0.1, 0.15) is 17.5 Å².